The van der Waals surface area contributed by atoms with Crippen molar-refractivity contribution in [3.63, 3.8) is 0 Å². The summed E-state index contributed by atoms with van der Waals surface area (Å²) in [6.45, 7) is 0. The molecule has 3 aromatic carbocycles. The van der Waals surface area contributed by atoms with E-state index in [-0.39, 0.29) is 22.4 Å². The van der Waals surface area contributed by atoms with Crippen LogP contribution in [0.5, 0.6) is 0 Å². The molecule has 0 spiro atoms. The van der Waals surface area contributed by atoms with Crippen LogP contribution in [0.2, 0.25) is 5.02 Å². The Labute approximate surface area is 205 Å². The van der Waals surface area contributed by atoms with Gasteiger partial charge in [0, 0.05) is 17.0 Å². The van der Waals surface area contributed by atoms with Gasteiger partial charge in [0.25, 0.3) is 5.91 Å². The molecule has 0 unspecified atom stereocenters. The zero-order valence-electron chi connectivity index (χ0n) is 18.8. The topological polar surface area (TPSA) is 108 Å². The standard InChI is InChI=1S/C26H20ClNO7/c1-33-24(30)16-6-10-20(25(31)34-2)21(12-16)28-23(29)15-5-9-19-17(11-15)13-22(35-26(19)32)14-3-7-18(27)8-4-14/h3-12,22H,13H2,1-2H3,(H,28,29)/t22-/m0/s1. The van der Waals surface area contributed by atoms with Crippen molar-refractivity contribution in [3.05, 3.63) is 99.1 Å². The Morgan fingerprint density at radius 3 is 2.29 bits per heavy atom. The Kier molecular flexibility index (Phi) is 6.84. The molecule has 35 heavy (non-hydrogen) atoms. The summed E-state index contributed by atoms with van der Waals surface area (Å²) < 4.78 is 15.0. The molecule has 0 fully saturated rings. The lowest BCUT2D eigenvalue weighted by Gasteiger charge is -2.25. The van der Waals surface area contributed by atoms with Crippen LogP contribution in [-0.4, -0.2) is 38.0 Å². The van der Waals surface area contributed by atoms with Gasteiger partial charge >= 0.3 is 17.9 Å². The van der Waals surface area contributed by atoms with Gasteiger partial charge in [-0.3, -0.25) is 4.79 Å². The number of benzene rings is 3. The maximum absolute atomic E-state index is 13.1. The first-order valence-corrected chi connectivity index (χ1v) is 10.9. The molecule has 1 N–H and O–H groups in total. The summed E-state index contributed by atoms with van der Waals surface area (Å²) >= 11 is 5.95. The van der Waals surface area contributed by atoms with Crippen molar-refractivity contribution in [2.24, 2.45) is 0 Å². The van der Waals surface area contributed by atoms with Crippen molar-refractivity contribution < 1.29 is 33.4 Å². The average molecular weight is 494 g/mol. The highest BCUT2D eigenvalue weighted by molar-refractivity contribution is 6.30. The van der Waals surface area contributed by atoms with Crippen molar-refractivity contribution in [2.45, 2.75) is 12.5 Å². The molecule has 4 rings (SSSR count). The number of esters is 3. The first-order valence-electron chi connectivity index (χ1n) is 10.5. The van der Waals surface area contributed by atoms with Crippen LogP contribution >= 0.6 is 11.6 Å². The Hall–Kier alpha value is -4.17. The number of fused-ring (bicyclic) bond motifs is 1. The van der Waals surface area contributed by atoms with Crippen LogP contribution in [0.15, 0.2) is 60.7 Å². The van der Waals surface area contributed by atoms with Crippen LogP contribution in [0.4, 0.5) is 5.69 Å². The second-order valence-electron chi connectivity index (χ2n) is 7.72. The zero-order valence-corrected chi connectivity index (χ0v) is 19.5. The number of anilines is 1. The number of ether oxygens (including phenoxy) is 3. The second kappa shape index (κ2) is 9.99. The van der Waals surface area contributed by atoms with Crippen molar-refractivity contribution in [1.29, 1.82) is 0 Å². The molecule has 1 atom stereocenters. The van der Waals surface area contributed by atoms with Gasteiger partial charge in [0.15, 0.2) is 0 Å². The van der Waals surface area contributed by atoms with E-state index in [0.717, 1.165) is 5.56 Å². The van der Waals surface area contributed by atoms with Crippen LogP contribution in [0.3, 0.4) is 0 Å². The average Bonchev–Trinajstić information content (AvgIpc) is 2.87. The molecule has 1 aliphatic heterocycles. The van der Waals surface area contributed by atoms with Gasteiger partial charge in [0.1, 0.15) is 6.10 Å². The maximum atomic E-state index is 13.1. The van der Waals surface area contributed by atoms with E-state index in [1.807, 2.05) is 0 Å². The lowest BCUT2D eigenvalue weighted by Crippen LogP contribution is -2.23. The van der Waals surface area contributed by atoms with E-state index in [0.29, 0.717) is 22.6 Å². The number of amides is 1. The summed E-state index contributed by atoms with van der Waals surface area (Å²) in [6.07, 6.45) is -0.150. The Morgan fingerprint density at radius 1 is 0.914 bits per heavy atom. The van der Waals surface area contributed by atoms with Crippen molar-refractivity contribution >= 4 is 41.1 Å². The SMILES string of the molecule is COC(=O)c1ccc(C(=O)OC)c(NC(=O)c2ccc3c(c2)C[C@@H](c2ccc(Cl)cc2)OC3=O)c1. The van der Waals surface area contributed by atoms with Gasteiger partial charge in [-0.2, -0.15) is 0 Å². The summed E-state index contributed by atoms with van der Waals surface area (Å²) in [7, 11) is 2.44. The van der Waals surface area contributed by atoms with E-state index in [1.54, 1.807) is 30.3 Å². The molecule has 9 heteroatoms. The summed E-state index contributed by atoms with van der Waals surface area (Å²) in [6, 6.07) is 15.7. The van der Waals surface area contributed by atoms with Crippen molar-refractivity contribution in [2.75, 3.05) is 19.5 Å². The molecule has 8 nitrogen and oxygen atoms in total. The number of halogens is 1. The minimum absolute atomic E-state index is 0.0674. The third-order valence-electron chi connectivity index (χ3n) is 5.58. The second-order valence-corrected chi connectivity index (χ2v) is 8.16. The molecule has 3 aromatic rings. The fraction of sp³-hybridized carbons (Fsp3) is 0.154. The molecule has 0 radical (unpaired) electrons. The molecule has 0 saturated carbocycles. The molecule has 1 amide bonds. The summed E-state index contributed by atoms with van der Waals surface area (Å²) in [4.78, 5) is 49.7. The molecule has 1 heterocycles. The van der Waals surface area contributed by atoms with Crippen molar-refractivity contribution in [3.8, 4) is 0 Å². The predicted molar refractivity (Wildman–Crippen MR) is 127 cm³/mol. The van der Waals surface area contributed by atoms with Gasteiger partial charge in [0.2, 0.25) is 0 Å². The molecule has 178 valence electrons. The minimum Gasteiger partial charge on any atom is -0.465 e. The minimum atomic E-state index is -0.685. The number of carbonyl (C=O) groups excluding carboxylic acids is 4. The van der Waals surface area contributed by atoms with Crippen LogP contribution in [-0.2, 0) is 20.6 Å². The number of carbonyl (C=O) groups is 4. The number of methoxy groups -OCH3 is 2. The lowest BCUT2D eigenvalue weighted by molar-refractivity contribution is 0.0252. The molecule has 0 aliphatic carbocycles. The highest BCUT2D eigenvalue weighted by Crippen LogP contribution is 2.32. The van der Waals surface area contributed by atoms with E-state index < -0.39 is 29.9 Å². The lowest BCUT2D eigenvalue weighted by atomic mass is 9.93. The third kappa shape index (κ3) is 5.02. The zero-order chi connectivity index (χ0) is 25.1. The largest absolute Gasteiger partial charge is 0.465 e. The van der Waals surface area contributed by atoms with Crippen LogP contribution < -0.4 is 5.32 Å². The van der Waals surface area contributed by atoms with Gasteiger partial charge < -0.3 is 19.5 Å². The first kappa shape index (κ1) is 24.0. The normalized spacial score (nSPS) is 14.4. The first-order chi connectivity index (χ1) is 16.8. The molecule has 0 bridgehead atoms. The number of hydrogen-bond acceptors (Lipinski definition) is 7. The number of cyclic esters (lactones) is 1. The van der Waals surface area contributed by atoms with E-state index in [9.17, 15) is 19.2 Å². The monoisotopic (exact) mass is 493 g/mol. The van der Waals surface area contributed by atoms with Crippen LogP contribution in [0, 0.1) is 0 Å². The van der Waals surface area contributed by atoms with Gasteiger partial charge in [-0.25, -0.2) is 14.4 Å². The predicted octanol–water partition coefficient (Wildman–Crippen LogP) is 4.62. The van der Waals surface area contributed by atoms with Crippen LogP contribution in [0.25, 0.3) is 0 Å². The molecule has 0 aromatic heterocycles. The smallest absolute Gasteiger partial charge is 0.339 e. The molecule has 1 aliphatic rings. The van der Waals surface area contributed by atoms with E-state index in [4.69, 9.17) is 25.8 Å². The van der Waals surface area contributed by atoms with Crippen molar-refractivity contribution in [1.82, 2.24) is 0 Å². The maximum Gasteiger partial charge on any atom is 0.339 e. The number of rotatable bonds is 5. The fourth-order valence-corrected chi connectivity index (χ4v) is 3.90. The number of hydrogen-bond donors (Lipinski definition) is 1. The molecular formula is C26H20ClNO7. The Balaban J connectivity index is 1.63. The van der Waals surface area contributed by atoms with E-state index in [1.165, 1.54) is 44.6 Å². The summed E-state index contributed by atoms with van der Waals surface area (Å²) in [5, 5.41) is 3.22. The van der Waals surface area contributed by atoms with Crippen LogP contribution in [0.1, 0.15) is 58.7 Å². The van der Waals surface area contributed by atoms with Gasteiger partial charge in [-0.15, -0.1) is 0 Å². The van der Waals surface area contributed by atoms with Gasteiger partial charge in [0.05, 0.1) is 36.6 Å². The Bertz CT molecular complexity index is 1330. The highest BCUT2D eigenvalue weighted by atomic mass is 35.5. The van der Waals surface area contributed by atoms with E-state index >= 15 is 0 Å². The number of nitrogens with one attached hydrogen (secondary N) is 1. The highest BCUT2D eigenvalue weighted by Gasteiger charge is 2.28. The fourth-order valence-electron chi connectivity index (χ4n) is 3.78. The van der Waals surface area contributed by atoms with Gasteiger partial charge in [-0.05, 0) is 59.7 Å². The summed E-state index contributed by atoms with van der Waals surface area (Å²) in [5.41, 5.74) is 2.35. The van der Waals surface area contributed by atoms with Gasteiger partial charge in [-0.1, -0.05) is 23.7 Å². The quantitative estimate of drug-likeness (QED) is 0.408. The third-order valence-corrected chi connectivity index (χ3v) is 5.83. The summed E-state index contributed by atoms with van der Waals surface area (Å²) in [5.74, 6) is -2.34. The Morgan fingerprint density at radius 2 is 1.60 bits per heavy atom. The van der Waals surface area contributed by atoms with E-state index in [2.05, 4.69) is 5.32 Å². The molecule has 0 saturated heterocycles. The molecular weight excluding hydrogens is 474 g/mol.